The van der Waals surface area contributed by atoms with Crippen molar-refractivity contribution in [3.63, 3.8) is 0 Å². The number of nitrogens with one attached hydrogen (secondary N) is 1. The molecule has 0 aliphatic heterocycles. The molecule has 0 bridgehead atoms. The molecule has 0 spiro atoms. The fourth-order valence-electron chi connectivity index (χ4n) is 2.83. The third-order valence-corrected chi connectivity index (χ3v) is 4.23. The van der Waals surface area contributed by atoms with Crippen LogP contribution < -0.4 is 10.1 Å². The van der Waals surface area contributed by atoms with Gasteiger partial charge in [-0.15, -0.1) is 0 Å². The molecule has 2 N–H and O–H groups in total. The third kappa shape index (κ3) is 5.20. The summed E-state index contributed by atoms with van der Waals surface area (Å²) in [7, 11) is 0. The van der Waals surface area contributed by atoms with Crippen LogP contribution in [0.5, 0.6) is 5.75 Å². The van der Waals surface area contributed by atoms with Crippen LogP contribution in [0.3, 0.4) is 0 Å². The van der Waals surface area contributed by atoms with E-state index in [0.717, 1.165) is 5.56 Å². The van der Waals surface area contributed by atoms with Crippen molar-refractivity contribution in [2.45, 2.75) is 18.6 Å². The quantitative estimate of drug-likeness (QED) is 0.631. The lowest BCUT2D eigenvalue weighted by molar-refractivity contribution is -0.143. The first-order chi connectivity index (χ1) is 13.6. The Morgan fingerprint density at radius 1 is 0.821 bits per heavy atom. The summed E-state index contributed by atoms with van der Waals surface area (Å²) in [6, 6.07) is 26.1. The molecular weight excluding hydrogens is 354 g/mol. The topological polar surface area (TPSA) is 75.6 Å². The number of para-hydroxylation sites is 1. The molecule has 0 saturated carbocycles. The summed E-state index contributed by atoms with van der Waals surface area (Å²) in [4.78, 5) is 24.7. The van der Waals surface area contributed by atoms with E-state index in [9.17, 15) is 14.7 Å². The number of carbonyl (C=O) groups excluding carboxylic acids is 1. The van der Waals surface area contributed by atoms with Crippen LogP contribution in [0.2, 0.25) is 0 Å². The molecule has 0 fully saturated rings. The van der Waals surface area contributed by atoms with Crippen LogP contribution in [0.4, 0.5) is 0 Å². The number of amides is 1. The number of hydrogen-bond acceptors (Lipinski definition) is 3. The predicted octanol–water partition coefficient (Wildman–Crippen LogP) is 3.62. The van der Waals surface area contributed by atoms with Crippen LogP contribution in [-0.4, -0.2) is 23.0 Å². The molecule has 0 aliphatic rings. The van der Waals surface area contributed by atoms with Gasteiger partial charge in [0.2, 0.25) is 6.10 Å². The lowest BCUT2D eigenvalue weighted by Crippen LogP contribution is -2.45. The van der Waals surface area contributed by atoms with Crippen LogP contribution in [0, 0.1) is 0 Å². The second-order valence-electron chi connectivity index (χ2n) is 6.31. The number of hydrogen-bond donors (Lipinski definition) is 2. The number of aliphatic carboxylic acids is 1. The Morgan fingerprint density at radius 2 is 1.36 bits per heavy atom. The molecule has 0 unspecified atom stereocenters. The van der Waals surface area contributed by atoms with Crippen molar-refractivity contribution in [1.82, 2.24) is 5.32 Å². The molecule has 0 saturated heterocycles. The van der Waals surface area contributed by atoms with Gasteiger partial charge in [-0.2, -0.15) is 0 Å². The number of carboxylic acid groups (broad SMARTS) is 1. The van der Waals surface area contributed by atoms with Crippen LogP contribution in [0.15, 0.2) is 91.0 Å². The smallest absolute Gasteiger partial charge is 0.326 e. The zero-order chi connectivity index (χ0) is 19.8. The second kappa shape index (κ2) is 9.37. The van der Waals surface area contributed by atoms with E-state index in [1.165, 1.54) is 0 Å². The summed E-state index contributed by atoms with van der Waals surface area (Å²) in [6.45, 7) is 0. The highest BCUT2D eigenvalue weighted by atomic mass is 16.5. The van der Waals surface area contributed by atoms with Gasteiger partial charge < -0.3 is 15.2 Å². The number of carbonyl (C=O) groups is 2. The van der Waals surface area contributed by atoms with Crippen molar-refractivity contribution in [3.05, 3.63) is 102 Å². The minimum absolute atomic E-state index is 0.189. The summed E-state index contributed by atoms with van der Waals surface area (Å²) >= 11 is 0. The van der Waals surface area contributed by atoms with E-state index in [0.29, 0.717) is 11.3 Å². The molecule has 2 atom stereocenters. The van der Waals surface area contributed by atoms with Crippen molar-refractivity contribution < 1.29 is 19.4 Å². The molecule has 142 valence electrons. The highest BCUT2D eigenvalue weighted by Crippen LogP contribution is 2.22. The molecule has 0 radical (unpaired) electrons. The largest absolute Gasteiger partial charge is 0.480 e. The Bertz CT molecular complexity index is 898. The molecule has 0 heterocycles. The average molecular weight is 375 g/mol. The van der Waals surface area contributed by atoms with E-state index in [1.54, 1.807) is 24.3 Å². The van der Waals surface area contributed by atoms with E-state index < -0.39 is 24.0 Å². The van der Waals surface area contributed by atoms with Gasteiger partial charge in [-0.05, 0) is 17.7 Å². The van der Waals surface area contributed by atoms with Crippen molar-refractivity contribution in [2.24, 2.45) is 0 Å². The lowest BCUT2D eigenvalue weighted by atomic mass is 10.0. The molecule has 5 heteroatoms. The minimum Gasteiger partial charge on any atom is -0.480 e. The van der Waals surface area contributed by atoms with Gasteiger partial charge in [-0.25, -0.2) is 4.79 Å². The second-order valence-corrected chi connectivity index (χ2v) is 6.31. The molecule has 0 aromatic heterocycles. The van der Waals surface area contributed by atoms with Crippen LogP contribution in [0.25, 0.3) is 0 Å². The van der Waals surface area contributed by atoms with Crippen LogP contribution in [-0.2, 0) is 16.0 Å². The minimum atomic E-state index is -1.09. The van der Waals surface area contributed by atoms with Crippen LogP contribution >= 0.6 is 0 Å². The number of ether oxygens (including phenoxy) is 1. The monoisotopic (exact) mass is 375 g/mol. The Hall–Kier alpha value is -3.60. The SMILES string of the molecule is O=C(N[C@H](Cc1ccccc1)C(=O)O)[C@@H](Oc1ccccc1)c1ccccc1. The maximum atomic E-state index is 13.0. The van der Waals surface area contributed by atoms with E-state index in [2.05, 4.69) is 5.32 Å². The zero-order valence-electron chi connectivity index (χ0n) is 15.2. The van der Waals surface area contributed by atoms with E-state index >= 15 is 0 Å². The third-order valence-electron chi connectivity index (χ3n) is 4.23. The van der Waals surface area contributed by atoms with Gasteiger partial charge in [0.05, 0.1) is 0 Å². The Morgan fingerprint density at radius 3 is 1.93 bits per heavy atom. The molecule has 0 aliphatic carbocycles. The zero-order valence-corrected chi connectivity index (χ0v) is 15.2. The molecule has 3 rings (SSSR count). The molecule has 5 nitrogen and oxygen atoms in total. The predicted molar refractivity (Wildman–Crippen MR) is 106 cm³/mol. The van der Waals surface area contributed by atoms with Gasteiger partial charge >= 0.3 is 5.97 Å². The van der Waals surface area contributed by atoms with Gasteiger partial charge in [0.15, 0.2) is 0 Å². The Kier molecular flexibility index (Phi) is 6.41. The fourth-order valence-corrected chi connectivity index (χ4v) is 2.83. The highest BCUT2D eigenvalue weighted by Gasteiger charge is 2.28. The van der Waals surface area contributed by atoms with Crippen molar-refractivity contribution in [1.29, 1.82) is 0 Å². The molecule has 3 aromatic carbocycles. The van der Waals surface area contributed by atoms with Crippen molar-refractivity contribution >= 4 is 11.9 Å². The van der Waals surface area contributed by atoms with Crippen LogP contribution in [0.1, 0.15) is 17.2 Å². The van der Waals surface area contributed by atoms with Gasteiger partial charge in [0.25, 0.3) is 5.91 Å². The summed E-state index contributed by atoms with van der Waals surface area (Å²) in [5, 5.41) is 12.2. The normalized spacial score (nSPS) is 12.6. The van der Waals surface area contributed by atoms with Gasteiger partial charge in [0.1, 0.15) is 11.8 Å². The maximum absolute atomic E-state index is 13.0. The number of rotatable bonds is 8. The first kappa shape index (κ1) is 19.2. The summed E-state index contributed by atoms with van der Waals surface area (Å²) in [5.41, 5.74) is 1.48. The number of benzene rings is 3. The maximum Gasteiger partial charge on any atom is 0.326 e. The van der Waals surface area contributed by atoms with Gasteiger partial charge in [-0.1, -0.05) is 78.9 Å². The summed E-state index contributed by atoms with van der Waals surface area (Å²) in [5.74, 6) is -1.07. The lowest BCUT2D eigenvalue weighted by Gasteiger charge is -2.22. The average Bonchev–Trinajstić information content (AvgIpc) is 2.73. The standard InChI is InChI=1S/C23H21NO4/c25-22(24-20(23(26)27)16-17-10-4-1-5-11-17)21(18-12-6-2-7-13-18)28-19-14-8-3-9-15-19/h1-15,20-21H,16H2,(H,24,25)(H,26,27)/t20-,21+/m1/s1. The van der Waals surface area contributed by atoms with E-state index in [4.69, 9.17) is 4.74 Å². The van der Waals surface area contributed by atoms with Crippen molar-refractivity contribution in [3.8, 4) is 5.75 Å². The summed E-state index contributed by atoms with van der Waals surface area (Å²) in [6.07, 6.45) is -0.768. The first-order valence-corrected chi connectivity index (χ1v) is 8.97. The van der Waals surface area contributed by atoms with E-state index in [1.807, 2.05) is 66.7 Å². The van der Waals surface area contributed by atoms with Gasteiger partial charge in [-0.3, -0.25) is 4.79 Å². The molecule has 3 aromatic rings. The fraction of sp³-hybridized carbons (Fsp3) is 0.130. The van der Waals surface area contributed by atoms with Gasteiger partial charge in [0, 0.05) is 12.0 Å². The highest BCUT2D eigenvalue weighted by molar-refractivity contribution is 5.87. The first-order valence-electron chi connectivity index (χ1n) is 8.97. The molecule has 28 heavy (non-hydrogen) atoms. The van der Waals surface area contributed by atoms with E-state index in [-0.39, 0.29) is 6.42 Å². The van der Waals surface area contributed by atoms with Crippen molar-refractivity contribution in [2.75, 3.05) is 0 Å². The molecular formula is C23H21NO4. The molecule has 1 amide bonds. The Balaban J connectivity index is 1.80. The summed E-state index contributed by atoms with van der Waals surface area (Å²) < 4.78 is 5.89. The number of carboxylic acids is 1. The Labute approximate surface area is 163 Å².